The van der Waals surface area contributed by atoms with Crippen molar-refractivity contribution >= 4 is 15.9 Å². The molecule has 2 fully saturated rings. The summed E-state index contributed by atoms with van der Waals surface area (Å²) in [6.07, 6.45) is -1.15. The lowest BCUT2D eigenvalue weighted by Crippen LogP contribution is -2.65. The molecule has 1 saturated carbocycles. The maximum atomic E-state index is 14.6. The summed E-state index contributed by atoms with van der Waals surface area (Å²) in [5.41, 5.74) is -1.17. The molecule has 1 heterocycles. The third-order valence-electron chi connectivity index (χ3n) is 6.87. The van der Waals surface area contributed by atoms with Crippen LogP contribution in [-0.4, -0.2) is 64.0 Å². The van der Waals surface area contributed by atoms with Crippen LogP contribution in [-0.2, 0) is 19.6 Å². The number of sulfonamides is 1. The Morgan fingerprint density at radius 3 is 2.49 bits per heavy atom. The lowest BCUT2D eigenvalue weighted by Gasteiger charge is -2.45. The zero-order chi connectivity index (χ0) is 25.5. The number of rotatable bonds is 9. The second kappa shape index (κ2) is 9.51. The van der Waals surface area contributed by atoms with Crippen LogP contribution in [0.25, 0.3) is 11.1 Å². The summed E-state index contributed by atoms with van der Waals surface area (Å²) in [6.45, 7) is 0.931. The smallest absolute Gasteiger partial charge is 0.232 e. The van der Waals surface area contributed by atoms with Gasteiger partial charge >= 0.3 is 0 Å². The maximum Gasteiger partial charge on any atom is 0.232 e. The first kappa shape index (κ1) is 25.6. The molecule has 1 saturated heterocycles. The molecule has 1 N–H and O–H groups in total. The Hall–Kier alpha value is -2.50. The lowest BCUT2D eigenvalue weighted by molar-refractivity contribution is -0.153. The first-order valence-electron chi connectivity index (χ1n) is 11.2. The zero-order valence-corrected chi connectivity index (χ0v) is 20.0. The molecule has 0 spiro atoms. The number of carbonyl (C=O) groups is 1. The number of carbonyl (C=O) groups excluding carboxylic acids is 1. The van der Waals surface area contributed by atoms with Gasteiger partial charge in [-0.25, -0.2) is 30.7 Å². The quantitative estimate of drug-likeness (QED) is 0.521. The summed E-state index contributed by atoms with van der Waals surface area (Å²) in [5, 5.41) is 0. The first-order chi connectivity index (χ1) is 16.5. The molecule has 0 unspecified atom stereocenters. The van der Waals surface area contributed by atoms with Crippen molar-refractivity contribution in [2.24, 2.45) is 5.41 Å². The van der Waals surface area contributed by atoms with Crippen LogP contribution in [0.15, 0.2) is 36.4 Å². The van der Waals surface area contributed by atoms with Gasteiger partial charge in [-0.1, -0.05) is 12.1 Å². The fourth-order valence-corrected chi connectivity index (χ4v) is 5.44. The van der Waals surface area contributed by atoms with Gasteiger partial charge in [0, 0.05) is 19.6 Å². The zero-order valence-electron chi connectivity index (χ0n) is 19.2. The summed E-state index contributed by atoms with van der Waals surface area (Å²) in [5.74, 6) is -3.61. The summed E-state index contributed by atoms with van der Waals surface area (Å²) in [6, 6.07) is 5.94. The fraction of sp³-hybridized carbons (Fsp3) is 0.458. The summed E-state index contributed by atoms with van der Waals surface area (Å²) >= 11 is 0. The van der Waals surface area contributed by atoms with Crippen LogP contribution in [0.2, 0.25) is 0 Å². The third kappa shape index (κ3) is 4.68. The monoisotopic (exact) mass is 514 g/mol. The first-order valence-corrected chi connectivity index (χ1v) is 12.8. The van der Waals surface area contributed by atoms with Gasteiger partial charge in [-0.2, -0.15) is 0 Å². The van der Waals surface area contributed by atoms with Gasteiger partial charge in [0.05, 0.1) is 35.9 Å². The topological polar surface area (TPSA) is 75.7 Å². The van der Waals surface area contributed by atoms with Crippen molar-refractivity contribution in [3.05, 3.63) is 59.4 Å². The number of hydrogen-bond donors (Lipinski definition) is 1. The van der Waals surface area contributed by atoms with Crippen molar-refractivity contribution in [2.45, 2.75) is 31.5 Å². The Balaban J connectivity index is 1.65. The molecule has 2 aromatic rings. The largest absolute Gasteiger partial charge is 0.384 e. The standard InChI is InChI=1S/C24H26F4N2O4S/c1-3-35(32,33)29-11-21-20(28)12-30(21)23(31)24(13-34-2)10-17(24)15-8-7-14(25)9-16(15)22-18(26)5-4-6-19(22)27/h4-9,17,20-21,29H,3,10-13H2,1-2H3/t17-,20-,21-,24-/m1/s1. The average molecular weight is 515 g/mol. The van der Waals surface area contributed by atoms with E-state index >= 15 is 0 Å². The van der Waals surface area contributed by atoms with Gasteiger partial charge in [0.15, 0.2) is 0 Å². The maximum absolute atomic E-state index is 14.6. The number of amides is 1. The van der Waals surface area contributed by atoms with Crippen LogP contribution in [0, 0.1) is 22.9 Å². The van der Waals surface area contributed by atoms with Gasteiger partial charge in [0.1, 0.15) is 23.6 Å². The molecular formula is C24H26F4N2O4S. The van der Waals surface area contributed by atoms with Gasteiger partial charge in [-0.3, -0.25) is 4.79 Å². The van der Waals surface area contributed by atoms with E-state index in [4.69, 9.17) is 4.74 Å². The van der Waals surface area contributed by atoms with Gasteiger partial charge in [-0.05, 0) is 48.7 Å². The van der Waals surface area contributed by atoms with Gasteiger partial charge < -0.3 is 9.64 Å². The normalized spacial score (nSPS) is 25.9. The van der Waals surface area contributed by atoms with E-state index in [0.29, 0.717) is 5.56 Å². The van der Waals surface area contributed by atoms with Crippen LogP contribution in [0.4, 0.5) is 17.6 Å². The Labute approximate surface area is 201 Å². The molecule has 4 atom stereocenters. The molecule has 4 rings (SSSR count). The Bertz CT molecular complexity index is 1220. The number of methoxy groups -OCH3 is 1. The Morgan fingerprint density at radius 1 is 1.20 bits per heavy atom. The molecule has 0 radical (unpaired) electrons. The van der Waals surface area contributed by atoms with Crippen molar-refractivity contribution in [1.82, 2.24) is 9.62 Å². The van der Waals surface area contributed by atoms with E-state index in [-0.39, 0.29) is 37.4 Å². The van der Waals surface area contributed by atoms with Crippen molar-refractivity contribution in [1.29, 1.82) is 0 Å². The molecule has 1 aliphatic carbocycles. The predicted molar refractivity (Wildman–Crippen MR) is 121 cm³/mol. The Morgan fingerprint density at radius 2 is 1.89 bits per heavy atom. The predicted octanol–water partition coefficient (Wildman–Crippen LogP) is 3.38. The number of nitrogens with zero attached hydrogens (tertiary/aromatic N) is 1. The average Bonchev–Trinajstić information content (AvgIpc) is 3.52. The van der Waals surface area contributed by atoms with E-state index in [9.17, 15) is 30.8 Å². The molecule has 190 valence electrons. The second-order valence-electron chi connectivity index (χ2n) is 8.97. The number of halogens is 4. The molecule has 1 amide bonds. The second-order valence-corrected chi connectivity index (χ2v) is 11.1. The highest BCUT2D eigenvalue weighted by atomic mass is 32.2. The lowest BCUT2D eigenvalue weighted by atomic mass is 9.89. The fourth-order valence-electron chi connectivity index (χ4n) is 4.81. The van der Waals surface area contributed by atoms with Gasteiger partial charge in [0.25, 0.3) is 0 Å². The number of ether oxygens (including phenoxy) is 1. The summed E-state index contributed by atoms with van der Waals surface area (Å²) in [4.78, 5) is 14.8. The van der Waals surface area contributed by atoms with E-state index in [1.165, 1.54) is 31.1 Å². The summed E-state index contributed by atoms with van der Waals surface area (Å²) < 4.78 is 88.8. The number of alkyl halides is 1. The minimum atomic E-state index is -3.58. The summed E-state index contributed by atoms with van der Waals surface area (Å²) in [7, 11) is -2.19. The highest BCUT2D eigenvalue weighted by molar-refractivity contribution is 7.89. The van der Waals surface area contributed by atoms with Crippen LogP contribution in [0.1, 0.15) is 24.8 Å². The Kier molecular flexibility index (Phi) is 6.96. The van der Waals surface area contributed by atoms with Crippen LogP contribution in [0.3, 0.4) is 0 Å². The number of benzene rings is 2. The highest BCUT2D eigenvalue weighted by Crippen LogP contribution is 2.62. The molecule has 1 aliphatic heterocycles. The minimum absolute atomic E-state index is 0.00406. The molecule has 6 nitrogen and oxygen atoms in total. The highest BCUT2D eigenvalue weighted by Gasteiger charge is 2.64. The third-order valence-corrected chi connectivity index (χ3v) is 8.23. The SMILES string of the molecule is CCS(=O)(=O)NC[C@@H]1[C@H](F)CN1C(=O)[C@@]1(COC)C[C@@H]1c1ccc(F)cc1-c1c(F)cccc1F. The van der Waals surface area contributed by atoms with E-state index in [0.717, 1.165) is 24.3 Å². The number of likely N-dealkylation sites (tertiary alicyclic amines) is 1. The molecular weight excluding hydrogens is 488 g/mol. The van der Waals surface area contributed by atoms with Crippen LogP contribution in [0.5, 0.6) is 0 Å². The number of hydrogen-bond acceptors (Lipinski definition) is 4. The van der Waals surface area contributed by atoms with E-state index in [2.05, 4.69) is 4.72 Å². The molecule has 35 heavy (non-hydrogen) atoms. The minimum Gasteiger partial charge on any atom is -0.384 e. The van der Waals surface area contributed by atoms with E-state index in [1.807, 2.05) is 0 Å². The molecule has 2 aliphatic rings. The molecule has 2 aromatic carbocycles. The number of nitrogens with one attached hydrogen (secondary N) is 1. The molecule has 0 aromatic heterocycles. The van der Waals surface area contributed by atoms with Crippen molar-refractivity contribution in [3.63, 3.8) is 0 Å². The molecule has 11 heteroatoms. The van der Waals surface area contributed by atoms with Crippen molar-refractivity contribution in [2.75, 3.05) is 32.6 Å². The van der Waals surface area contributed by atoms with Gasteiger partial charge in [-0.15, -0.1) is 0 Å². The van der Waals surface area contributed by atoms with Crippen molar-refractivity contribution < 1.29 is 35.5 Å². The van der Waals surface area contributed by atoms with E-state index in [1.54, 1.807) is 0 Å². The van der Waals surface area contributed by atoms with Crippen LogP contribution >= 0.6 is 0 Å². The molecule has 0 bridgehead atoms. The van der Waals surface area contributed by atoms with Crippen LogP contribution < -0.4 is 4.72 Å². The van der Waals surface area contributed by atoms with Crippen molar-refractivity contribution in [3.8, 4) is 11.1 Å². The van der Waals surface area contributed by atoms with Gasteiger partial charge in [0.2, 0.25) is 15.9 Å². The van der Waals surface area contributed by atoms with E-state index < -0.39 is 62.5 Å².